The molecule has 0 saturated heterocycles. The van der Waals surface area contributed by atoms with Crippen LogP contribution in [0.15, 0.2) is 76.3 Å². The molecule has 0 saturated carbocycles. The Bertz CT molecular complexity index is 1150. The molecule has 0 bridgehead atoms. The Balaban J connectivity index is 1.62. The second kappa shape index (κ2) is 12.7. The van der Waals surface area contributed by atoms with Gasteiger partial charge in [0.15, 0.2) is 5.11 Å². The third kappa shape index (κ3) is 7.57. The van der Waals surface area contributed by atoms with E-state index < -0.39 is 5.97 Å². The molecule has 0 aliphatic rings. The SMILES string of the molecule is CCCOc1ccc(C(=O)Oc2ccc(Br)cc2C=NNC(=S)Nc2ccc(OC)cc2)cc1. The van der Waals surface area contributed by atoms with Crippen LogP contribution in [0.1, 0.15) is 29.3 Å². The summed E-state index contributed by atoms with van der Waals surface area (Å²) in [7, 11) is 1.61. The van der Waals surface area contributed by atoms with E-state index >= 15 is 0 Å². The molecule has 0 aliphatic heterocycles. The molecule has 176 valence electrons. The summed E-state index contributed by atoms with van der Waals surface area (Å²) in [5.41, 5.74) is 4.54. The van der Waals surface area contributed by atoms with E-state index in [4.69, 9.17) is 26.4 Å². The number of halogens is 1. The van der Waals surface area contributed by atoms with E-state index in [2.05, 4.69) is 31.8 Å². The molecule has 0 aromatic heterocycles. The largest absolute Gasteiger partial charge is 0.497 e. The smallest absolute Gasteiger partial charge is 0.343 e. The fraction of sp³-hybridized carbons (Fsp3) is 0.160. The maximum atomic E-state index is 12.6. The number of benzene rings is 3. The molecule has 3 rings (SSSR count). The number of carbonyl (C=O) groups is 1. The van der Waals surface area contributed by atoms with Gasteiger partial charge in [0, 0.05) is 15.7 Å². The standard InChI is InChI=1S/C25H24BrN3O4S/c1-3-14-32-22-9-4-17(5-10-22)24(30)33-23-13-6-19(26)15-18(23)16-27-29-25(34)28-20-7-11-21(31-2)12-8-20/h4-13,15-16H,3,14H2,1-2H3,(H2,28,29,34). The molecule has 0 radical (unpaired) electrons. The Kier molecular flexibility index (Phi) is 9.42. The van der Waals surface area contributed by atoms with E-state index in [1.54, 1.807) is 49.6 Å². The van der Waals surface area contributed by atoms with Crippen LogP contribution in [0.2, 0.25) is 0 Å². The Hall–Kier alpha value is -3.43. The van der Waals surface area contributed by atoms with E-state index in [0.717, 1.165) is 22.3 Å². The predicted octanol–water partition coefficient (Wildman–Crippen LogP) is 5.79. The molecule has 2 N–H and O–H groups in total. The van der Waals surface area contributed by atoms with Gasteiger partial charge in [-0.25, -0.2) is 4.79 Å². The summed E-state index contributed by atoms with van der Waals surface area (Å²) in [6.07, 6.45) is 2.44. The Morgan fingerprint density at radius 1 is 1.06 bits per heavy atom. The highest BCUT2D eigenvalue weighted by Gasteiger charge is 2.12. The molecule has 9 heteroatoms. The van der Waals surface area contributed by atoms with Crippen molar-refractivity contribution in [3.63, 3.8) is 0 Å². The molecular formula is C25H24BrN3O4S. The van der Waals surface area contributed by atoms with E-state index in [0.29, 0.717) is 34.3 Å². The number of hydrogen-bond acceptors (Lipinski definition) is 6. The molecule has 0 atom stereocenters. The first-order valence-electron chi connectivity index (χ1n) is 10.5. The lowest BCUT2D eigenvalue weighted by atomic mass is 10.2. The highest BCUT2D eigenvalue weighted by atomic mass is 79.9. The number of nitrogens with zero attached hydrogens (tertiary/aromatic N) is 1. The van der Waals surface area contributed by atoms with E-state index in [1.807, 2.05) is 31.2 Å². The maximum Gasteiger partial charge on any atom is 0.343 e. The van der Waals surface area contributed by atoms with Gasteiger partial charge in [-0.05, 0) is 85.4 Å². The van der Waals surface area contributed by atoms with Crippen molar-refractivity contribution < 1.29 is 19.0 Å². The number of carbonyl (C=O) groups excluding carboxylic acids is 1. The molecule has 0 fully saturated rings. The molecule has 0 aliphatic carbocycles. The predicted molar refractivity (Wildman–Crippen MR) is 141 cm³/mol. The van der Waals surface area contributed by atoms with Crippen molar-refractivity contribution in [3.8, 4) is 17.2 Å². The molecule has 0 unspecified atom stereocenters. The third-order valence-corrected chi connectivity index (χ3v) is 5.14. The first-order valence-corrected chi connectivity index (χ1v) is 11.7. The van der Waals surface area contributed by atoms with Gasteiger partial charge in [0.25, 0.3) is 0 Å². The van der Waals surface area contributed by atoms with Crippen LogP contribution in [0.25, 0.3) is 0 Å². The van der Waals surface area contributed by atoms with E-state index in [1.165, 1.54) is 6.21 Å². The first kappa shape index (κ1) is 25.2. The topological polar surface area (TPSA) is 81.2 Å². The van der Waals surface area contributed by atoms with Crippen molar-refractivity contribution >= 4 is 51.1 Å². The normalized spacial score (nSPS) is 10.6. The zero-order valence-corrected chi connectivity index (χ0v) is 21.1. The number of thiocarbonyl (C=S) groups is 1. The highest BCUT2D eigenvalue weighted by Crippen LogP contribution is 2.23. The van der Waals surface area contributed by atoms with Gasteiger partial charge in [-0.3, -0.25) is 5.43 Å². The van der Waals surface area contributed by atoms with Crippen LogP contribution < -0.4 is 25.0 Å². The summed E-state index contributed by atoms with van der Waals surface area (Å²) in [5.74, 6) is 1.34. The monoisotopic (exact) mass is 541 g/mol. The number of ether oxygens (including phenoxy) is 3. The lowest BCUT2D eigenvalue weighted by Crippen LogP contribution is -2.23. The number of hydrazone groups is 1. The molecule has 34 heavy (non-hydrogen) atoms. The molecular weight excluding hydrogens is 518 g/mol. The molecule has 0 amide bonds. The Labute approximate surface area is 212 Å². The Morgan fingerprint density at radius 2 is 1.76 bits per heavy atom. The minimum atomic E-state index is -0.483. The molecule has 3 aromatic carbocycles. The summed E-state index contributed by atoms with van der Waals surface area (Å²) in [6, 6.07) is 19.4. The summed E-state index contributed by atoms with van der Waals surface area (Å²) >= 11 is 8.70. The van der Waals surface area contributed by atoms with Gasteiger partial charge in [0.1, 0.15) is 17.2 Å². The zero-order chi connectivity index (χ0) is 24.3. The van der Waals surface area contributed by atoms with Crippen molar-refractivity contribution in [2.75, 3.05) is 19.0 Å². The van der Waals surface area contributed by atoms with E-state index in [-0.39, 0.29) is 0 Å². The van der Waals surface area contributed by atoms with Gasteiger partial charge < -0.3 is 19.5 Å². The average Bonchev–Trinajstić information content (AvgIpc) is 2.85. The van der Waals surface area contributed by atoms with Gasteiger partial charge in [0.05, 0.1) is 25.5 Å². The number of anilines is 1. The van der Waals surface area contributed by atoms with Gasteiger partial charge in [0.2, 0.25) is 0 Å². The molecule has 7 nitrogen and oxygen atoms in total. The van der Waals surface area contributed by atoms with Crippen molar-refractivity contribution in [3.05, 3.63) is 82.3 Å². The summed E-state index contributed by atoms with van der Waals surface area (Å²) in [4.78, 5) is 12.6. The van der Waals surface area contributed by atoms with Crippen LogP contribution in [0, 0.1) is 0 Å². The van der Waals surface area contributed by atoms with Crippen molar-refractivity contribution in [2.24, 2.45) is 5.10 Å². The van der Waals surface area contributed by atoms with Crippen LogP contribution in [0.5, 0.6) is 17.2 Å². The van der Waals surface area contributed by atoms with Crippen LogP contribution >= 0.6 is 28.1 Å². The molecule has 3 aromatic rings. The number of hydrogen-bond donors (Lipinski definition) is 2. The minimum Gasteiger partial charge on any atom is -0.497 e. The average molecular weight is 542 g/mol. The summed E-state index contributed by atoms with van der Waals surface area (Å²) in [6.45, 7) is 2.66. The lowest BCUT2D eigenvalue weighted by Gasteiger charge is -2.10. The molecule has 0 heterocycles. The number of nitrogens with one attached hydrogen (secondary N) is 2. The minimum absolute atomic E-state index is 0.306. The van der Waals surface area contributed by atoms with Crippen molar-refractivity contribution in [1.29, 1.82) is 0 Å². The second-order valence-electron chi connectivity index (χ2n) is 7.00. The number of esters is 1. The summed E-state index contributed by atoms with van der Waals surface area (Å²) in [5, 5.41) is 7.49. The number of rotatable bonds is 9. The van der Waals surface area contributed by atoms with Gasteiger partial charge in [-0.1, -0.05) is 22.9 Å². The van der Waals surface area contributed by atoms with E-state index in [9.17, 15) is 4.79 Å². The fourth-order valence-electron chi connectivity index (χ4n) is 2.77. The van der Waals surface area contributed by atoms with Crippen LogP contribution in [0.4, 0.5) is 5.69 Å². The maximum absolute atomic E-state index is 12.6. The van der Waals surface area contributed by atoms with Crippen LogP contribution in [-0.2, 0) is 0 Å². The summed E-state index contributed by atoms with van der Waals surface area (Å²) < 4.78 is 17.1. The first-order chi connectivity index (χ1) is 16.5. The molecule has 0 spiro atoms. The fourth-order valence-corrected chi connectivity index (χ4v) is 3.32. The second-order valence-corrected chi connectivity index (χ2v) is 8.32. The van der Waals surface area contributed by atoms with Gasteiger partial charge in [-0.15, -0.1) is 0 Å². The van der Waals surface area contributed by atoms with Crippen molar-refractivity contribution in [1.82, 2.24) is 5.43 Å². The zero-order valence-electron chi connectivity index (χ0n) is 18.7. The number of methoxy groups -OCH3 is 1. The van der Waals surface area contributed by atoms with Gasteiger partial charge in [-0.2, -0.15) is 5.10 Å². The third-order valence-electron chi connectivity index (χ3n) is 4.45. The van der Waals surface area contributed by atoms with Crippen molar-refractivity contribution in [2.45, 2.75) is 13.3 Å². The quantitative estimate of drug-likeness (QED) is 0.117. The lowest BCUT2D eigenvalue weighted by molar-refractivity contribution is 0.0734. The van der Waals surface area contributed by atoms with Crippen LogP contribution in [0.3, 0.4) is 0 Å². The van der Waals surface area contributed by atoms with Crippen LogP contribution in [-0.4, -0.2) is 31.0 Å². The van der Waals surface area contributed by atoms with Gasteiger partial charge >= 0.3 is 5.97 Å². The highest BCUT2D eigenvalue weighted by molar-refractivity contribution is 9.10. The Morgan fingerprint density at radius 3 is 2.44 bits per heavy atom.